The van der Waals surface area contributed by atoms with Crippen molar-refractivity contribution >= 4 is 17.0 Å². The zero-order valence-corrected chi connectivity index (χ0v) is 13.2. The van der Waals surface area contributed by atoms with Crippen LogP contribution in [0.4, 0.5) is 0 Å². The first-order valence-corrected chi connectivity index (χ1v) is 7.97. The highest BCUT2D eigenvalue weighted by molar-refractivity contribution is 5.86. The topological polar surface area (TPSA) is 67.2 Å². The average molecular weight is 301 g/mol. The van der Waals surface area contributed by atoms with Gasteiger partial charge in [0.05, 0.1) is 5.54 Å². The Morgan fingerprint density at radius 3 is 3.05 bits per heavy atom. The summed E-state index contributed by atoms with van der Waals surface area (Å²) in [6.07, 6.45) is 3.74. The van der Waals surface area contributed by atoms with Crippen molar-refractivity contribution in [2.24, 2.45) is 0 Å². The summed E-state index contributed by atoms with van der Waals surface area (Å²) in [4.78, 5) is 16.8. The lowest BCUT2D eigenvalue weighted by molar-refractivity contribution is -0.127. The number of amides is 1. The van der Waals surface area contributed by atoms with Gasteiger partial charge in [0.25, 0.3) is 0 Å². The second-order valence-corrected chi connectivity index (χ2v) is 6.25. The Hall–Kier alpha value is -1.88. The number of fused-ring (bicyclic) bond motifs is 1. The Morgan fingerprint density at radius 1 is 1.45 bits per heavy atom. The van der Waals surface area contributed by atoms with Gasteiger partial charge >= 0.3 is 0 Å². The highest BCUT2D eigenvalue weighted by atomic mass is 16.3. The largest absolute Gasteiger partial charge is 0.441 e. The van der Waals surface area contributed by atoms with Crippen LogP contribution < -0.4 is 10.6 Å². The molecule has 5 nitrogen and oxygen atoms in total. The van der Waals surface area contributed by atoms with Crippen LogP contribution in [-0.2, 0) is 11.2 Å². The zero-order chi connectivity index (χ0) is 15.6. The summed E-state index contributed by atoms with van der Waals surface area (Å²) in [7, 11) is 0. The third-order valence-corrected chi connectivity index (χ3v) is 4.41. The molecule has 1 atom stereocenters. The Kier molecular flexibility index (Phi) is 4.16. The van der Waals surface area contributed by atoms with E-state index in [1.54, 1.807) is 0 Å². The molecule has 1 aliphatic rings. The van der Waals surface area contributed by atoms with E-state index in [9.17, 15) is 4.79 Å². The van der Waals surface area contributed by atoms with Gasteiger partial charge in [0.1, 0.15) is 5.52 Å². The first-order chi connectivity index (χ1) is 10.6. The fourth-order valence-electron chi connectivity index (χ4n) is 2.97. The molecule has 2 N–H and O–H groups in total. The molecule has 2 heterocycles. The number of benzene rings is 1. The molecular weight excluding hydrogens is 278 g/mol. The Morgan fingerprint density at radius 2 is 2.32 bits per heavy atom. The summed E-state index contributed by atoms with van der Waals surface area (Å²) >= 11 is 0. The molecule has 22 heavy (non-hydrogen) atoms. The van der Waals surface area contributed by atoms with Crippen molar-refractivity contribution in [2.75, 3.05) is 13.1 Å². The molecule has 118 valence electrons. The van der Waals surface area contributed by atoms with Crippen molar-refractivity contribution in [3.8, 4) is 0 Å². The summed E-state index contributed by atoms with van der Waals surface area (Å²) in [5.74, 6) is 0.742. The van der Waals surface area contributed by atoms with Crippen molar-refractivity contribution in [2.45, 2.75) is 45.1 Å². The molecule has 1 amide bonds. The fourth-order valence-corrected chi connectivity index (χ4v) is 2.97. The van der Waals surface area contributed by atoms with Crippen molar-refractivity contribution in [3.05, 3.63) is 29.7 Å². The Balaban J connectivity index is 1.58. The number of rotatable bonds is 4. The van der Waals surface area contributed by atoms with E-state index in [1.165, 1.54) is 0 Å². The molecular formula is C17H23N3O2. The number of carbonyl (C=O) groups is 1. The second kappa shape index (κ2) is 6.08. The van der Waals surface area contributed by atoms with Crippen molar-refractivity contribution in [1.82, 2.24) is 15.6 Å². The van der Waals surface area contributed by atoms with Gasteiger partial charge in [0.2, 0.25) is 5.91 Å². The minimum absolute atomic E-state index is 0.0690. The number of nitrogens with zero attached hydrogens (tertiary/aromatic N) is 1. The van der Waals surface area contributed by atoms with Gasteiger partial charge in [-0.15, -0.1) is 0 Å². The van der Waals surface area contributed by atoms with Crippen molar-refractivity contribution < 1.29 is 9.21 Å². The number of aryl methyl sites for hydroxylation is 1. The van der Waals surface area contributed by atoms with Crippen LogP contribution in [-0.4, -0.2) is 29.5 Å². The smallest absolute Gasteiger partial charge is 0.240 e. The highest BCUT2D eigenvalue weighted by Crippen LogP contribution is 2.20. The maximum Gasteiger partial charge on any atom is 0.240 e. The lowest BCUT2D eigenvalue weighted by Gasteiger charge is -2.33. The molecule has 0 saturated carbocycles. The minimum Gasteiger partial charge on any atom is -0.441 e. The van der Waals surface area contributed by atoms with E-state index in [1.807, 2.05) is 32.0 Å². The first-order valence-electron chi connectivity index (χ1n) is 7.97. The number of para-hydroxylation sites is 1. The van der Waals surface area contributed by atoms with Gasteiger partial charge < -0.3 is 15.1 Å². The van der Waals surface area contributed by atoms with Crippen LogP contribution in [0.25, 0.3) is 11.1 Å². The summed E-state index contributed by atoms with van der Waals surface area (Å²) in [6.45, 7) is 5.45. The monoisotopic (exact) mass is 301 g/mol. The van der Waals surface area contributed by atoms with Gasteiger partial charge in [-0.2, -0.15) is 0 Å². The molecule has 1 aromatic heterocycles. The molecule has 2 aromatic rings. The number of nitrogens with one attached hydrogen (secondary N) is 2. The lowest BCUT2D eigenvalue weighted by Crippen LogP contribution is -2.57. The van der Waals surface area contributed by atoms with E-state index < -0.39 is 5.54 Å². The first kappa shape index (κ1) is 15.0. The molecule has 0 spiro atoms. The molecule has 1 aliphatic heterocycles. The Bertz CT molecular complexity index is 672. The molecule has 1 fully saturated rings. The number of hydrogen-bond donors (Lipinski definition) is 2. The van der Waals surface area contributed by atoms with Gasteiger partial charge in [-0.3, -0.25) is 4.79 Å². The molecule has 5 heteroatoms. The number of piperidine rings is 1. The predicted octanol–water partition coefficient (Wildman–Crippen LogP) is 2.33. The summed E-state index contributed by atoms with van der Waals surface area (Å²) in [6, 6.07) is 5.90. The molecule has 0 bridgehead atoms. The van der Waals surface area contributed by atoms with E-state index in [0.717, 1.165) is 42.5 Å². The highest BCUT2D eigenvalue weighted by Gasteiger charge is 2.33. The van der Waals surface area contributed by atoms with E-state index in [4.69, 9.17) is 4.42 Å². The summed E-state index contributed by atoms with van der Waals surface area (Å²) in [5, 5.41) is 6.32. The number of aromatic nitrogens is 1. The van der Waals surface area contributed by atoms with Crippen molar-refractivity contribution in [1.29, 1.82) is 0 Å². The SMILES string of the molecule is Cc1cccc2oc(CCNC(=O)C3(C)CCCCN3)nc12. The maximum atomic E-state index is 12.3. The minimum atomic E-state index is -0.434. The van der Waals surface area contributed by atoms with Gasteiger partial charge in [0.15, 0.2) is 11.5 Å². The van der Waals surface area contributed by atoms with E-state index in [-0.39, 0.29) is 5.91 Å². The van der Waals surface area contributed by atoms with Gasteiger partial charge in [-0.05, 0) is 51.3 Å². The summed E-state index contributed by atoms with van der Waals surface area (Å²) in [5.41, 5.74) is 2.39. The van der Waals surface area contributed by atoms with Crippen LogP contribution in [0.3, 0.4) is 0 Å². The molecule has 0 aliphatic carbocycles. The van der Waals surface area contributed by atoms with Gasteiger partial charge in [0, 0.05) is 13.0 Å². The molecule has 1 unspecified atom stereocenters. The normalized spacial score (nSPS) is 21.9. The summed E-state index contributed by atoms with van der Waals surface area (Å²) < 4.78 is 5.72. The van der Waals surface area contributed by atoms with Crippen LogP contribution in [0.5, 0.6) is 0 Å². The lowest BCUT2D eigenvalue weighted by atomic mass is 9.90. The number of carbonyl (C=O) groups excluding carboxylic acids is 1. The van der Waals surface area contributed by atoms with Crippen LogP contribution >= 0.6 is 0 Å². The van der Waals surface area contributed by atoms with Gasteiger partial charge in [-0.25, -0.2) is 4.98 Å². The van der Waals surface area contributed by atoms with Crippen LogP contribution in [0.1, 0.15) is 37.6 Å². The third kappa shape index (κ3) is 2.99. The Labute approximate surface area is 130 Å². The van der Waals surface area contributed by atoms with Crippen LogP contribution in [0.2, 0.25) is 0 Å². The van der Waals surface area contributed by atoms with E-state index in [0.29, 0.717) is 18.9 Å². The van der Waals surface area contributed by atoms with Gasteiger partial charge in [-0.1, -0.05) is 12.1 Å². The van der Waals surface area contributed by atoms with E-state index in [2.05, 4.69) is 15.6 Å². The molecule has 1 saturated heterocycles. The predicted molar refractivity (Wildman–Crippen MR) is 85.7 cm³/mol. The van der Waals surface area contributed by atoms with Crippen LogP contribution in [0.15, 0.2) is 22.6 Å². The molecule has 1 aromatic carbocycles. The standard InChI is InChI=1S/C17H23N3O2/c1-12-6-5-7-13-15(12)20-14(22-13)8-11-18-16(21)17(2)9-3-4-10-19-17/h5-7,19H,3-4,8-11H2,1-2H3,(H,18,21). The second-order valence-electron chi connectivity index (χ2n) is 6.25. The van der Waals surface area contributed by atoms with Crippen LogP contribution in [0, 0.1) is 6.92 Å². The molecule has 3 rings (SSSR count). The zero-order valence-electron chi connectivity index (χ0n) is 13.2. The van der Waals surface area contributed by atoms with Crippen molar-refractivity contribution in [3.63, 3.8) is 0 Å². The average Bonchev–Trinajstić information content (AvgIpc) is 2.92. The fraction of sp³-hybridized carbons (Fsp3) is 0.529. The third-order valence-electron chi connectivity index (χ3n) is 4.41. The number of oxazole rings is 1. The maximum absolute atomic E-state index is 12.3. The molecule has 0 radical (unpaired) electrons. The quantitative estimate of drug-likeness (QED) is 0.909. The van der Waals surface area contributed by atoms with E-state index >= 15 is 0 Å². The number of hydrogen-bond acceptors (Lipinski definition) is 4.